The molecule has 22 heavy (non-hydrogen) atoms. The summed E-state index contributed by atoms with van der Waals surface area (Å²) in [7, 11) is -3.62. The fourth-order valence-corrected chi connectivity index (χ4v) is 4.47. The van der Waals surface area contributed by atoms with Gasteiger partial charge in [-0.25, -0.2) is 0 Å². The molecule has 0 spiro atoms. The van der Waals surface area contributed by atoms with E-state index in [1.807, 2.05) is 19.1 Å². The van der Waals surface area contributed by atoms with Crippen LogP contribution in [0.15, 0.2) is 23.0 Å². The topological polar surface area (TPSA) is 77.6 Å². The van der Waals surface area contributed by atoms with E-state index in [1.54, 1.807) is 13.0 Å². The van der Waals surface area contributed by atoms with E-state index < -0.39 is 7.82 Å². The largest absolute Gasteiger partial charge is 0.647 e. The lowest BCUT2D eigenvalue weighted by atomic mass is 10.0. The van der Waals surface area contributed by atoms with Crippen LogP contribution in [0.4, 0.5) is 0 Å². The Morgan fingerprint density at radius 3 is 2.50 bits per heavy atom. The molecule has 0 fully saturated rings. The molecular weight excluding hydrogens is 305 g/mol. The standard InChI is InChI=1S/C15H10NO5P/c1-6-4-3-5-8-10(6)16-11-7(2)13-15-14(9(11)12(8)17)20-22(18,19-13)21-15/h3-5H,1-2H3,(H,16,17). The SMILES string of the molecule is Cc1cccc2c(=O)c3c4c5c(c(C)c3[nH]c12)OP(=O)(O5)O4. The van der Waals surface area contributed by atoms with Gasteiger partial charge in [-0.05, 0) is 25.5 Å². The maximum absolute atomic E-state index is 12.9. The molecule has 0 radical (unpaired) electrons. The van der Waals surface area contributed by atoms with Crippen LogP contribution in [-0.2, 0) is 4.57 Å². The first-order chi connectivity index (χ1) is 10.5. The fourth-order valence-electron chi connectivity index (χ4n) is 3.13. The highest BCUT2D eigenvalue weighted by Crippen LogP contribution is 2.70. The van der Waals surface area contributed by atoms with E-state index in [0.29, 0.717) is 27.6 Å². The van der Waals surface area contributed by atoms with Crippen molar-refractivity contribution in [2.75, 3.05) is 0 Å². The molecule has 1 aromatic heterocycles. The fraction of sp³-hybridized carbons (Fsp3) is 0.133. The van der Waals surface area contributed by atoms with Crippen LogP contribution in [0.3, 0.4) is 0 Å². The summed E-state index contributed by atoms with van der Waals surface area (Å²) in [5.41, 5.74) is 2.89. The van der Waals surface area contributed by atoms with Crippen LogP contribution in [0.25, 0.3) is 21.8 Å². The molecule has 0 saturated carbocycles. The number of aryl methyl sites for hydroxylation is 2. The summed E-state index contributed by atoms with van der Waals surface area (Å²) in [4.78, 5) is 16.2. The summed E-state index contributed by atoms with van der Waals surface area (Å²) >= 11 is 0. The van der Waals surface area contributed by atoms with Crippen LogP contribution in [0, 0.1) is 13.8 Å². The zero-order valence-electron chi connectivity index (χ0n) is 11.7. The number of nitrogens with one attached hydrogen (secondary N) is 1. The van der Waals surface area contributed by atoms with Crippen LogP contribution in [-0.4, -0.2) is 4.98 Å². The van der Waals surface area contributed by atoms with Crippen molar-refractivity contribution in [3.8, 4) is 17.2 Å². The third-order valence-electron chi connectivity index (χ3n) is 4.21. The maximum atomic E-state index is 12.9. The number of aromatic nitrogens is 1. The summed E-state index contributed by atoms with van der Waals surface area (Å²) in [5.74, 6) is 0.876. The summed E-state index contributed by atoms with van der Waals surface area (Å²) in [6.45, 7) is 3.74. The second-order valence-corrected chi connectivity index (χ2v) is 6.98. The summed E-state index contributed by atoms with van der Waals surface area (Å²) in [6, 6.07) is 5.52. The quantitative estimate of drug-likeness (QED) is 0.507. The summed E-state index contributed by atoms with van der Waals surface area (Å²) in [5, 5.41) is 0.920. The average molecular weight is 315 g/mol. The number of hydrogen-bond donors (Lipinski definition) is 1. The lowest BCUT2D eigenvalue weighted by Crippen LogP contribution is -2.09. The zero-order valence-corrected chi connectivity index (χ0v) is 12.6. The van der Waals surface area contributed by atoms with E-state index in [0.717, 1.165) is 11.1 Å². The van der Waals surface area contributed by atoms with Gasteiger partial charge in [-0.3, -0.25) is 4.79 Å². The van der Waals surface area contributed by atoms with Crippen LogP contribution in [0.1, 0.15) is 11.1 Å². The van der Waals surface area contributed by atoms with Gasteiger partial charge in [0.1, 0.15) is 0 Å². The van der Waals surface area contributed by atoms with E-state index in [9.17, 15) is 9.36 Å². The minimum atomic E-state index is -3.62. The Labute approximate surface area is 124 Å². The number of benzene rings is 2. The number of para-hydroxylation sites is 1. The van der Waals surface area contributed by atoms with Gasteiger partial charge in [0, 0.05) is 10.9 Å². The first-order valence-corrected chi connectivity index (χ1v) is 8.25. The highest BCUT2D eigenvalue weighted by molar-refractivity contribution is 7.50. The Balaban J connectivity index is 2.09. The molecule has 110 valence electrons. The average Bonchev–Trinajstić information content (AvgIpc) is 3.00. The van der Waals surface area contributed by atoms with E-state index >= 15 is 0 Å². The van der Waals surface area contributed by atoms with Crippen LogP contribution < -0.4 is 19.0 Å². The van der Waals surface area contributed by atoms with Crippen molar-refractivity contribution >= 4 is 29.6 Å². The van der Waals surface area contributed by atoms with Crippen molar-refractivity contribution in [1.29, 1.82) is 0 Å². The number of phosphoric ester groups is 1. The Hall–Kier alpha value is -2.46. The van der Waals surface area contributed by atoms with Gasteiger partial charge in [0.05, 0.1) is 16.4 Å². The second kappa shape index (κ2) is 3.47. The number of rotatable bonds is 0. The monoisotopic (exact) mass is 315 g/mol. The molecule has 1 atom stereocenters. The number of hydrogen-bond acceptors (Lipinski definition) is 5. The van der Waals surface area contributed by atoms with Crippen LogP contribution in [0.5, 0.6) is 17.2 Å². The smallest absolute Gasteiger partial charge is 0.381 e. The molecule has 2 aromatic carbocycles. The molecular formula is C15H10NO5P. The lowest BCUT2D eigenvalue weighted by Gasteiger charge is -2.15. The number of aromatic amines is 1. The van der Waals surface area contributed by atoms with Gasteiger partial charge < -0.3 is 18.6 Å². The molecule has 2 bridgehead atoms. The normalized spacial score (nSPS) is 21.0. The molecule has 3 aromatic rings. The molecule has 0 aliphatic carbocycles. The summed E-state index contributed by atoms with van der Waals surface area (Å²) < 4.78 is 28.0. The van der Waals surface area contributed by atoms with Crippen molar-refractivity contribution in [1.82, 2.24) is 4.98 Å². The first-order valence-electron chi connectivity index (χ1n) is 6.79. The van der Waals surface area contributed by atoms with Crippen molar-refractivity contribution in [2.24, 2.45) is 0 Å². The molecule has 1 unspecified atom stereocenters. The van der Waals surface area contributed by atoms with Gasteiger partial charge in [0.2, 0.25) is 11.2 Å². The maximum Gasteiger partial charge on any atom is 0.647 e. The Morgan fingerprint density at radius 2 is 1.73 bits per heavy atom. The number of H-pyrrole nitrogens is 1. The van der Waals surface area contributed by atoms with Gasteiger partial charge in [-0.1, -0.05) is 12.1 Å². The minimum absolute atomic E-state index is 0.169. The third kappa shape index (κ3) is 1.23. The molecule has 0 saturated heterocycles. The Kier molecular flexibility index (Phi) is 1.91. The number of fused-ring (bicyclic) bond motifs is 4. The van der Waals surface area contributed by atoms with Gasteiger partial charge >= 0.3 is 7.82 Å². The predicted octanol–water partition coefficient (Wildman–Crippen LogP) is 3.57. The second-order valence-electron chi connectivity index (χ2n) is 5.54. The Morgan fingerprint density at radius 1 is 1.00 bits per heavy atom. The molecule has 7 heteroatoms. The van der Waals surface area contributed by atoms with Crippen molar-refractivity contribution in [3.05, 3.63) is 39.5 Å². The van der Waals surface area contributed by atoms with Crippen molar-refractivity contribution in [3.63, 3.8) is 0 Å². The van der Waals surface area contributed by atoms with Crippen molar-refractivity contribution < 1.29 is 18.1 Å². The molecule has 3 heterocycles. The number of phosphoric acid groups is 1. The van der Waals surface area contributed by atoms with E-state index in [2.05, 4.69) is 4.98 Å². The van der Waals surface area contributed by atoms with Gasteiger partial charge in [0.25, 0.3) is 0 Å². The Bertz CT molecular complexity index is 1130. The van der Waals surface area contributed by atoms with Crippen molar-refractivity contribution in [2.45, 2.75) is 13.8 Å². The van der Waals surface area contributed by atoms with E-state index in [4.69, 9.17) is 13.6 Å². The zero-order chi connectivity index (χ0) is 15.2. The molecule has 1 N–H and O–H groups in total. The lowest BCUT2D eigenvalue weighted by molar-refractivity contribution is 0.355. The highest BCUT2D eigenvalue weighted by Gasteiger charge is 2.52. The number of pyridine rings is 1. The molecule has 0 amide bonds. The first kappa shape index (κ1) is 12.1. The van der Waals surface area contributed by atoms with E-state index in [1.165, 1.54) is 0 Å². The molecule has 2 aliphatic heterocycles. The molecule has 5 rings (SSSR count). The molecule has 6 nitrogen and oxygen atoms in total. The van der Waals surface area contributed by atoms with E-state index in [-0.39, 0.29) is 16.9 Å². The van der Waals surface area contributed by atoms with Gasteiger partial charge in [-0.2, -0.15) is 4.57 Å². The van der Waals surface area contributed by atoms with Gasteiger partial charge in [-0.15, -0.1) is 0 Å². The third-order valence-corrected chi connectivity index (χ3v) is 5.43. The summed E-state index contributed by atoms with van der Waals surface area (Å²) in [6.07, 6.45) is 0. The predicted molar refractivity (Wildman–Crippen MR) is 81.0 cm³/mol. The molecule has 2 aliphatic rings. The van der Waals surface area contributed by atoms with Crippen LogP contribution in [0.2, 0.25) is 0 Å². The highest BCUT2D eigenvalue weighted by atomic mass is 31.2. The van der Waals surface area contributed by atoms with Gasteiger partial charge in [0.15, 0.2) is 11.5 Å². The minimum Gasteiger partial charge on any atom is -0.381 e. The van der Waals surface area contributed by atoms with Crippen LogP contribution >= 0.6 is 7.82 Å².